The first-order valence-corrected chi connectivity index (χ1v) is 6.58. The second kappa shape index (κ2) is 5.88. The Hall–Kier alpha value is -2.48. The molecule has 0 unspecified atom stereocenters. The molecule has 1 aromatic heterocycles. The third-order valence-corrected chi connectivity index (χ3v) is 3.14. The highest BCUT2D eigenvalue weighted by Crippen LogP contribution is 2.26. The number of phenolic OH excluding ortho intramolecular Hbond substituents is 1. The molecule has 108 valence electrons. The van der Waals surface area contributed by atoms with Crippen molar-refractivity contribution < 1.29 is 14.8 Å². The van der Waals surface area contributed by atoms with Gasteiger partial charge in [0.2, 0.25) is 0 Å². The van der Waals surface area contributed by atoms with Gasteiger partial charge in [-0.1, -0.05) is 0 Å². The summed E-state index contributed by atoms with van der Waals surface area (Å²) in [6, 6.07) is 5.17. The van der Waals surface area contributed by atoms with E-state index in [1.165, 1.54) is 12.3 Å². The molecule has 2 aromatic rings. The maximum atomic E-state index is 12.0. The molecule has 0 aliphatic carbocycles. The quantitative estimate of drug-likeness (QED) is 0.653. The number of hydrogen-bond acceptors (Lipinski definition) is 5. The van der Waals surface area contributed by atoms with E-state index in [-0.39, 0.29) is 5.56 Å². The van der Waals surface area contributed by atoms with Gasteiger partial charge in [-0.05, 0) is 46.6 Å². The third-order valence-electron chi connectivity index (χ3n) is 2.71. The number of carbonyl (C=O) groups excluding carboxylic acids is 1. The van der Waals surface area contributed by atoms with Crippen LogP contribution < -0.4 is 5.32 Å². The molecule has 2 rings (SSSR count). The van der Waals surface area contributed by atoms with E-state index in [1.54, 1.807) is 13.0 Å². The van der Waals surface area contributed by atoms with Crippen LogP contribution >= 0.6 is 15.9 Å². The van der Waals surface area contributed by atoms with Gasteiger partial charge >= 0.3 is 5.69 Å². The van der Waals surface area contributed by atoms with Crippen LogP contribution in [0.15, 0.2) is 34.9 Å². The third kappa shape index (κ3) is 3.34. The Labute approximate surface area is 127 Å². The molecule has 1 aromatic carbocycles. The topological polar surface area (TPSA) is 105 Å². The van der Waals surface area contributed by atoms with E-state index in [4.69, 9.17) is 0 Å². The molecule has 0 aliphatic rings. The smallest absolute Gasteiger partial charge is 0.310 e. The van der Waals surface area contributed by atoms with Gasteiger partial charge in [0, 0.05) is 22.3 Å². The highest BCUT2D eigenvalue weighted by atomic mass is 79.9. The van der Waals surface area contributed by atoms with Crippen LogP contribution in [0.25, 0.3) is 0 Å². The van der Waals surface area contributed by atoms with E-state index in [0.29, 0.717) is 5.82 Å². The number of anilines is 1. The Kier molecular flexibility index (Phi) is 4.18. The van der Waals surface area contributed by atoms with Gasteiger partial charge in [-0.2, -0.15) is 0 Å². The molecule has 7 nitrogen and oxygen atoms in total. The van der Waals surface area contributed by atoms with Gasteiger partial charge in [0.25, 0.3) is 5.91 Å². The average Bonchev–Trinajstić information content (AvgIpc) is 2.41. The van der Waals surface area contributed by atoms with Crippen molar-refractivity contribution in [3.8, 4) is 5.75 Å². The molecule has 21 heavy (non-hydrogen) atoms. The van der Waals surface area contributed by atoms with Gasteiger partial charge in [-0.3, -0.25) is 14.9 Å². The fourth-order valence-corrected chi connectivity index (χ4v) is 2.12. The highest BCUT2D eigenvalue weighted by molar-refractivity contribution is 9.10. The zero-order chi connectivity index (χ0) is 15.6. The van der Waals surface area contributed by atoms with Crippen LogP contribution in [0.4, 0.5) is 11.5 Å². The minimum absolute atomic E-state index is 0.0993. The SMILES string of the molecule is Cc1cc(Br)cnc1NC(=O)c1ccc([N+](=O)[O-])c(O)c1. The number of hydrogen-bond donors (Lipinski definition) is 2. The van der Waals surface area contributed by atoms with Crippen LogP contribution in [-0.2, 0) is 0 Å². The molecule has 8 heteroatoms. The Morgan fingerprint density at radius 3 is 2.71 bits per heavy atom. The van der Waals surface area contributed by atoms with Crippen molar-refractivity contribution in [3.63, 3.8) is 0 Å². The summed E-state index contributed by atoms with van der Waals surface area (Å²) in [7, 11) is 0. The number of amides is 1. The first kappa shape index (κ1) is 14.9. The van der Waals surface area contributed by atoms with E-state index < -0.39 is 22.3 Å². The van der Waals surface area contributed by atoms with E-state index >= 15 is 0 Å². The molecule has 0 saturated carbocycles. The van der Waals surface area contributed by atoms with Crippen LogP contribution in [-0.4, -0.2) is 20.9 Å². The van der Waals surface area contributed by atoms with Crippen molar-refractivity contribution in [3.05, 3.63) is 56.2 Å². The maximum absolute atomic E-state index is 12.0. The van der Waals surface area contributed by atoms with E-state index in [9.17, 15) is 20.0 Å². The molecule has 0 saturated heterocycles. The summed E-state index contributed by atoms with van der Waals surface area (Å²) in [6.45, 7) is 1.78. The number of benzene rings is 1. The first-order chi connectivity index (χ1) is 9.88. The molecule has 1 amide bonds. The van der Waals surface area contributed by atoms with Gasteiger partial charge < -0.3 is 10.4 Å². The number of halogens is 1. The van der Waals surface area contributed by atoms with Gasteiger partial charge in [-0.25, -0.2) is 4.98 Å². The molecular weight excluding hydrogens is 342 g/mol. The number of nitrogens with zero attached hydrogens (tertiary/aromatic N) is 2. The van der Waals surface area contributed by atoms with Crippen LogP contribution in [0.2, 0.25) is 0 Å². The van der Waals surface area contributed by atoms with Crippen molar-refractivity contribution in [2.45, 2.75) is 6.92 Å². The zero-order valence-corrected chi connectivity index (χ0v) is 12.4. The van der Waals surface area contributed by atoms with E-state index in [1.807, 2.05) is 0 Å². The number of nitrogens with one attached hydrogen (secondary N) is 1. The van der Waals surface area contributed by atoms with Gasteiger partial charge in [-0.15, -0.1) is 0 Å². The average molecular weight is 352 g/mol. The Bertz CT molecular complexity index is 733. The van der Waals surface area contributed by atoms with Crippen molar-refractivity contribution in [2.75, 3.05) is 5.32 Å². The molecule has 0 radical (unpaired) electrons. The molecule has 0 atom stereocenters. The predicted octanol–water partition coefficient (Wildman–Crippen LogP) is 3.02. The minimum atomic E-state index is -0.725. The summed E-state index contributed by atoms with van der Waals surface area (Å²) in [4.78, 5) is 26.0. The number of phenols is 1. The number of aromatic nitrogens is 1. The van der Waals surface area contributed by atoms with Crippen LogP contribution in [0.3, 0.4) is 0 Å². The molecule has 1 heterocycles. The summed E-state index contributed by atoms with van der Waals surface area (Å²) in [6.07, 6.45) is 1.54. The van der Waals surface area contributed by atoms with Crippen molar-refractivity contribution in [1.29, 1.82) is 0 Å². The second-order valence-electron chi connectivity index (χ2n) is 4.23. The summed E-state index contributed by atoms with van der Waals surface area (Å²) < 4.78 is 0.783. The normalized spacial score (nSPS) is 10.2. The molecule has 0 spiro atoms. The van der Waals surface area contributed by atoms with E-state index in [0.717, 1.165) is 22.2 Å². The van der Waals surface area contributed by atoms with E-state index in [2.05, 4.69) is 26.2 Å². The van der Waals surface area contributed by atoms with Crippen LogP contribution in [0, 0.1) is 17.0 Å². The summed E-state index contributed by atoms with van der Waals surface area (Å²) >= 11 is 3.27. The summed E-state index contributed by atoms with van der Waals surface area (Å²) in [5, 5.41) is 22.7. The lowest BCUT2D eigenvalue weighted by atomic mass is 10.1. The number of nitro benzene ring substituents is 1. The standard InChI is InChI=1S/C13H10BrN3O4/c1-7-4-9(14)6-15-12(7)16-13(19)8-2-3-10(17(20)21)11(18)5-8/h2-6,18H,1H3,(H,15,16,19). The zero-order valence-electron chi connectivity index (χ0n) is 10.8. The number of pyridine rings is 1. The predicted molar refractivity (Wildman–Crippen MR) is 79.4 cm³/mol. The molecule has 0 bridgehead atoms. The number of rotatable bonds is 3. The van der Waals surface area contributed by atoms with Gasteiger partial charge in [0.1, 0.15) is 5.82 Å². The minimum Gasteiger partial charge on any atom is -0.502 e. The number of nitro groups is 1. The Balaban J connectivity index is 2.24. The van der Waals surface area contributed by atoms with Crippen molar-refractivity contribution >= 4 is 33.3 Å². The molecule has 2 N–H and O–H groups in total. The highest BCUT2D eigenvalue weighted by Gasteiger charge is 2.16. The van der Waals surface area contributed by atoms with Gasteiger partial charge in [0.15, 0.2) is 5.75 Å². The molecule has 0 fully saturated rings. The Morgan fingerprint density at radius 2 is 2.14 bits per heavy atom. The summed E-state index contributed by atoms with van der Waals surface area (Å²) in [5.41, 5.74) is 0.399. The van der Waals surface area contributed by atoms with Crippen molar-refractivity contribution in [2.24, 2.45) is 0 Å². The lowest BCUT2D eigenvalue weighted by Crippen LogP contribution is -2.14. The Morgan fingerprint density at radius 1 is 1.43 bits per heavy atom. The van der Waals surface area contributed by atoms with Crippen LogP contribution in [0.1, 0.15) is 15.9 Å². The van der Waals surface area contributed by atoms with Crippen molar-refractivity contribution in [1.82, 2.24) is 4.98 Å². The first-order valence-electron chi connectivity index (χ1n) is 5.79. The van der Waals surface area contributed by atoms with Crippen LogP contribution in [0.5, 0.6) is 5.75 Å². The monoisotopic (exact) mass is 351 g/mol. The number of aryl methyl sites for hydroxylation is 1. The molecule has 0 aliphatic heterocycles. The fraction of sp³-hybridized carbons (Fsp3) is 0.0769. The fourth-order valence-electron chi connectivity index (χ4n) is 1.67. The second-order valence-corrected chi connectivity index (χ2v) is 5.15. The maximum Gasteiger partial charge on any atom is 0.310 e. The summed E-state index contributed by atoms with van der Waals surface area (Å²) in [5.74, 6) is -0.702. The van der Waals surface area contributed by atoms with Gasteiger partial charge in [0.05, 0.1) is 4.92 Å². The number of aromatic hydroxyl groups is 1. The lowest BCUT2D eigenvalue weighted by Gasteiger charge is -2.08. The lowest BCUT2D eigenvalue weighted by molar-refractivity contribution is -0.385. The molecular formula is C13H10BrN3O4. The number of carbonyl (C=O) groups is 1. The largest absolute Gasteiger partial charge is 0.502 e.